The zero-order valence-electron chi connectivity index (χ0n) is 18.0. The lowest BCUT2D eigenvalue weighted by Gasteiger charge is -2.34. The molecule has 166 valence electrons. The summed E-state index contributed by atoms with van der Waals surface area (Å²) in [6, 6.07) is 13.9. The monoisotopic (exact) mass is 443 g/mol. The first kappa shape index (κ1) is 21.8. The summed E-state index contributed by atoms with van der Waals surface area (Å²) >= 11 is 0. The van der Waals surface area contributed by atoms with Gasteiger partial charge in [0.1, 0.15) is 0 Å². The van der Waals surface area contributed by atoms with Crippen molar-refractivity contribution in [3.8, 4) is 0 Å². The van der Waals surface area contributed by atoms with Crippen LogP contribution in [-0.4, -0.2) is 57.0 Å². The molecule has 2 aliphatic rings. The van der Waals surface area contributed by atoms with Gasteiger partial charge in [-0.15, -0.1) is 0 Å². The number of carbonyl (C=O) groups excluding carboxylic acids is 1. The van der Waals surface area contributed by atoms with E-state index in [2.05, 4.69) is 10.2 Å². The molecule has 2 aliphatic heterocycles. The summed E-state index contributed by atoms with van der Waals surface area (Å²) < 4.78 is 33.0. The van der Waals surface area contributed by atoms with E-state index in [1.807, 2.05) is 38.1 Å². The number of nitrogens with zero attached hydrogens (tertiary/aromatic N) is 2. The summed E-state index contributed by atoms with van der Waals surface area (Å²) in [6.45, 7) is 6.52. The number of nitrogens with one attached hydrogen (secondary N) is 1. The van der Waals surface area contributed by atoms with Crippen LogP contribution in [0.1, 0.15) is 37.0 Å². The number of amides is 1. The molecule has 7 nitrogen and oxygen atoms in total. The highest BCUT2D eigenvalue weighted by molar-refractivity contribution is 7.89. The first-order chi connectivity index (χ1) is 14.8. The van der Waals surface area contributed by atoms with E-state index in [1.165, 1.54) is 29.3 Å². The van der Waals surface area contributed by atoms with Crippen LogP contribution in [0, 0.1) is 0 Å². The standard InChI is InChI=1S/C23H29N3O4S/c1-17-15-26(16-18(2)30-17)31(28,29)22-11-5-19(6-12-22)23(27)24-20-7-9-21(10-8-20)25-13-3-4-14-25/h5-12,17-18H,3-4,13-16H2,1-2H3,(H,24,27)/t17-,18-/m0/s1. The molecule has 1 amide bonds. The Morgan fingerprint density at radius 2 is 1.52 bits per heavy atom. The van der Waals surface area contributed by atoms with Crippen LogP contribution in [0.2, 0.25) is 0 Å². The predicted octanol–water partition coefficient (Wildman–Crippen LogP) is 3.34. The third-order valence-electron chi connectivity index (χ3n) is 5.74. The number of rotatable bonds is 5. The van der Waals surface area contributed by atoms with Gasteiger partial charge in [-0.3, -0.25) is 4.79 Å². The molecule has 0 radical (unpaired) electrons. The summed E-state index contributed by atoms with van der Waals surface area (Å²) in [6.07, 6.45) is 2.13. The predicted molar refractivity (Wildman–Crippen MR) is 121 cm³/mol. The van der Waals surface area contributed by atoms with Crippen LogP contribution in [-0.2, 0) is 14.8 Å². The lowest BCUT2D eigenvalue weighted by Crippen LogP contribution is -2.48. The second-order valence-electron chi connectivity index (χ2n) is 8.30. The molecule has 0 bridgehead atoms. The molecule has 4 rings (SSSR count). The number of anilines is 2. The Morgan fingerprint density at radius 1 is 0.935 bits per heavy atom. The Bertz CT molecular complexity index is 1010. The van der Waals surface area contributed by atoms with E-state index in [9.17, 15) is 13.2 Å². The fourth-order valence-corrected chi connectivity index (χ4v) is 5.78. The summed E-state index contributed by atoms with van der Waals surface area (Å²) in [5.74, 6) is -0.272. The van der Waals surface area contributed by atoms with Crippen LogP contribution in [0.4, 0.5) is 11.4 Å². The van der Waals surface area contributed by atoms with Crippen molar-refractivity contribution in [3.63, 3.8) is 0 Å². The van der Waals surface area contributed by atoms with E-state index in [4.69, 9.17) is 4.74 Å². The quantitative estimate of drug-likeness (QED) is 0.767. The highest BCUT2D eigenvalue weighted by Gasteiger charge is 2.32. The molecular formula is C23H29N3O4S. The second kappa shape index (κ2) is 8.98. The fraction of sp³-hybridized carbons (Fsp3) is 0.435. The molecule has 2 saturated heterocycles. The van der Waals surface area contributed by atoms with Crippen molar-refractivity contribution < 1.29 is 17.9 Å². The lowest BCUT2D eigenvalue weighted by atomic mass is 10.2. The summed E-state index contributed by atoms with van der Waals surface area (Å²) in [5, 5.41) is 2.88. The van der Waals surface area contributed by atoms with E-state index in [-0.39, 0.29) is 23.0 Å². The summed E-state index contributed by atoms with van der Waals surface area (Å²) in [4.78, 5) is 15.1. The third-order valence-corrected chi connectivity index (χ3v) is 7.58. The Kier molecular flexibility index (Phi) is 6.31. The zero-order chi connectivity index (χ0) is 22.0. The average molecular weight is 444 g/mol. The van der Waals surface area contributed by atoms with Crippen molar-refractivity contribution in [2.75, 3.05) is 36.4 Å². The molecule has 0 aliphatic carbocycles. The second-order valence-corrected chi connectivity index (χ2v) is 10.2. The van der Waals surface area contributed by atoms with Crippen molar-refractivity contribution in [1.82, 2.24) is 4.31 Å². The van der Waals surface area contributed by atoms with Gasteiger partial charge in [0.2, 0.25) is 10.0 Å². The van der Waals surface area contributed by atoms with Gasteiger partial charge < -0.3 is 15.0 Å². The normalized spacial score (nSPS) is 22.5. The van der Waals surface area contributed by atoms with E-state index in [0.717, 1.165) is 18.8 Å². The van der Waals surface area contributed by atoms with E-state index < -0.39 is 10.0 Å². The summed E-state index contributed by atoms with van der Waals surface area (Å²) in [5.41, 5.74) is 2.28. The molecule has 2 aromatic rings. The fourth-order valence-electron chi connectivity index (χ4n) is 4.19. The molecule has 0 unspecified atom stereocenters. The number of morpholine rings is 1. The minimum absolute atomic E-state index is 0.152. The smallest absolute Gasteiger partial charge is 0.255 e. The highest BCUT2D eigenvalue weighted by Crippen LogP contribution is 2.24. The van der Waals surface area contributed by atoms with E-state index in [1.54, 1.807) is 12.1 Å². The molecule has 2 aromatic carbocycles. The minimum Gasteiger partial charge on any atom is -0.373 e. The van der Waals surface area contributed by atoms with E-state index in [0.29, 0.717) is 24.3 Å². The minimum atomic E-state index is -3.63. The van der Waals surface area contributed by atoms with Crippen LogP contribution < -0.4 is 10.2 Å². The van der Waals surface area contributed by atoms with Crippen LogP contribution in [0.25, 0.3) is 0 Å². The maximum absolute atomic E-state index is 13.0. The first-order valence-electron chi connectivity index (χ1n) is 10.7. The van der Waals surface area contributed by atoms with Crippen molar-refractivity contribution in [2.45, 2.75) is 43.8 Å². The van der Waals surface area contributed by atoms with Gasteiger partial charge in [-0.05, 0) is 75.2 Å². The number of hydrogen-bond donors (Lipinski definition) is 1. The number of sulfonamides is 1. The number of hydrogen-bond acceptors (Lipinski definition) is 5. The summed E-state index contributed by atoms with van der Waals surface area (Å²) in [7, 11) is -3.63. The zero-order valence-corrected chi connectivity index (χ0v) is 18.8. The molecule has 2 heterocycles. The van der Waals surface area contributed by atoms with Gasteiger partial charge in [0.05, 0.1) is 17.1 Å². The molecule has 1 N–H and O–H groups in total. The van der Waals surface area contributed by atoms with Crippen molar-refractivity contribution >= 4 is 27.3 Å². The maximum Gasteiger partial charge on any atom is 0.255 e. The largest absolute Gasteiger partial charge is 0.373 e. The topological polar surface area (TPSA) is 79.0 Å². The Hall–Kier alpha value is -2.42. The third kappa shape index (κ3) is 4.92. The molecule has 0 aromatic heterocycles. The number of benzene rings is 2. The Balaban J connectivity index is 1.42. The number of carbonyl (C=O) groups is 1. The SMILES string of the molecule is C[C@H]1CN(S(=O)(=O)c2ccc(C(=O)Nc3ccc(N4CCCC4)cc3)cc2)C[C@H](C)O1. The van der Waals surface area contributed by atoms with Crippen molar-refractivity contribution in [1.29, 1.82) is 0 Å². The van der Waals surface area contributed by atoms with Crippen LogP contribution in [0.15, 0.2) is 53.4 Å². The van der Waals surface area contributed by atoms with Gasteiger partial charge in [0.25, 0.3) is 5.91 Å². The Morgan fingerprint density at radius 3 is 2.10 bits per heavy atom. The van der Waals surface area contributed by atoms with Gasteiger partial charge in [-0.1, -0.05) is 0 Å². The van der Waals surface area contributed by atoms with Gasteiger partial charge in [-0.2, -0.15) is 4.31 Å². The van der Waals surface area contributed by atoms with E-state index >= 15 is 0 Å². The Labute approximate surface area is 184 Å². The molecule has 31 heavy (non-hydrogen) atoms. The average Bonchev–Trinajstić information content (AvgIpc) is 3.28. The van der Waals surface area contributed by atoms with Gasteiger partial charge in [-0.25, -0.2) is 8.42 Å². The molecular weight excluding hydrogens is 414 g/mol. The van der Waals surface area contributed by atoms with Crippen LogP contribution in [0.3, 0.4) is 0 Å². The molecule has 2 atom stereocenters. The highest BCUT2D eigenvalue weighted by atomic mass is 32.2. The molecule has 0 saturated carbocycles. The molecule has 8 heteroatoms. The maximum atomic E-state index is 13.0. The van der Waals surface area contributed by atoms with Crippen molar-refractivity contribution in [2.24, 2.45) is 0 Å². The molecule has 2 fully saturated rings. The van der Waals surface area contributed by atoms with Gasteiger partial charge in [0, 0.05) is 43.1 Å². The van der Waals surface area contributed by atoms with Crippen LogP contribution >= 0.6 is 0 Å². The lowest BCUT2D eigenvalue weighted by molar-refractivity contribution is -0.0440. The molecule has 0 spiro atoms. The van der Waals surface area contributed by atoms with Crippen LogP contribution in [0.5, 0.6) is 0 Å². The van der Waals surface area contributed by atoms with Gasteiger partial charge in [0.15, 0.2) is 0 Å². The number of ether oxygens (including phenoxy) is 1. The van der Waals surface area contributed by atoms with Crippen molar-refractivity contribution in [3.05, 3.63) is 54.1 Å². The van der Waals surface area contributed by atoms with Gasteiger partial charge >= 0.3 is 0 Å². The first-order valence-corrected chi connectivity index (χ1v) is 12.2.